The molecule has 0 saturated heterocycles. The lowest BCUT2D eigenvalue weighted by Crippen LogP contribution is -2.56. The van der Waals surface area contributed by atoms with Crippen molar-refractivity contribution in [2.45, 2.75) is 104 Å². The third-order valence-electron chi connectivity index (χ3n) is 6.11. The van der Waals surface area contributed by atoms with E-state index in [-0.39, 0.29) is 22.8 Å². The van der Waals surface area contributed by atoms with Gasteiger partial charge < -0.3 is 15.6 Å². The first-order valence-corrected chi connectivity index (χ1v) is 10.2. The summed E-state index contributed by atoms with van der Waals surface area (Å²) >= 11 is 0. The fourth-order valence-electron chi connectivity index (χ4n) is 5.32. The van der Waals surface area contributed by atoms with Crippen molar-refractivity contribution in [3.8, 4) is 0 Å². The lowest BCUT2D eigenvalue weighted by atomic mass is 9.64. The molecule has 0 aromatic rings. The molecular formula is C21H41NO3. The second kappa shape index (κ2) is 8.85. The van der Waals surface area contributed by atoms with Crippen molar-refractivity contribution in [2.75, 3.05) is 7.11 Å². The Kier molecular flexibility index (Phi) is 7.94. The van der Waals surface area contributed by atoms with Crippen molar-refractivity contribution in [2.24, 2.45) is 23.0 Å². The zero-order valence-corrected chi connectivity index (χ0v) is 17.4. The number of methoxy groups -OCH3 is 1. The van der Waals surface area contributed by atoms with Gasteiger partial charge in [0.1, 0.15) is 0 Å². The van der Waals surface area contributed by atoms with Crippen LogP contribution in [0.2, 0.25) is 0 Å². The minimum atomic E-state index is -1.37. The topological polar surface area (TPSA) is 72.5 Å². The number of rotatable bonds is 3. The van der Waals surface area contributed by atoms with Crippen LogP contribution in [0.5, 0.6) is 0 Å². The Morgan fingerprint density at radius 2 is 1.60 bits per heavy atom. The first-order chi connectivity index (χ1) is 11.6. The summed E-state index contributed by atoms with van der Waals surface area (Å²) in [5.74, 6) is -0.544. The summed E-state index contributed by atoms with van der Waals surface area (Å²) in [5.41, 5.74) is 5.07. The molecule has 0 aliphatic heterocycles. The van der Waals surface area contributed by atoms with Gasteiger partial charge in [-0.3, -0.25) is 0 Å². The lowest BCUT2D eigenvalue weighted by molar-refractivity contribution is -0.180. The largest absolute Gasteiger partial charge is 0.467 e. The van der Waals surface area contributed by atoms with Crippen LogP contribution < -0.4 is 5.73 Å². The number of carbonyl (C=O) groups excluding carboxylic acids is 1. The molecule has 0 aromatic carbocycles. The number of esters is 1. The molecule has 4 nitrogen and oxygen atoms in total. The van der Waals surface area contributed by atoms with Crippen LogP contribution in [0.25, 0.3) is 0 Å². The Hall–Kier alpha value is -0.610. The smallest absolute Gasteiger partial charge is 0.338 e. The fourth-order valence-corrected chi connectivity index (χ4v) is 5.32. The van der Waals surface area contributed by atoms with Gasteiger partial charge in [-0.25, -0.2) is 4.79 Å². The van der Waals surface area contributed by atoms with Crippen LogP contribution in [-0.2, 0) is 9.53 Å². The molecule has 2 rings (SSSR count). The molecule has 2 aliphatic carbocycles. The standard InChI is InChI=1S/C19H35NO3.C2H6/c1-17(2)11-7-10-15(12-18(3,20)13-17)19(22,16(21)23-4)14-8-5-6-9-14;1-2/h14-15,22H,5-13,20H2,1-4H3;1-2H3. The molecule has 0 amide bonds. The number of carbonyl (C=O) groups is 1. The van der Waals surface area contributed by atoms with Crippen LogP contribution in [0, 0.1) is 17.3 Å². The molecule has 2 fully saturated rings. The van der Waals surface area contributed by atoms with Gasteiger partial charge in [-0.05, 0) is 56.8 Å². The Bertz CT molecular complexity index is 427. The van der Waals surface area contributed by atoms with Gasteiger partial charge in [0.05, 0.1) is 7.11 Å². The summed E-state index contributed by atoms with van der Waals surface area (Å²) in [6.07, 6.45) is 8.55. The average Bonchev–Trinajstić information content (AvgIpc) is 3.06. The monoisotopic (exact) mass is 355 g/mol. The van der Waals surface area contributed by atoms with Gasteiger partial charge in [0.25, 0.3) is 0 Å². The van der Waals surface area contributed by atoms with Gasteiger partial charge in [0.2, 0.25) is 0 Å². The number of ether oxygens (including phenoxy) is 1. The Morgan fingerprint density at radius 3 is 2.12 bits per heavy atom. The lowest BCUT2D eigenvalue weighted by Gasteiger charge is -2.45. The normalized spacial score (nSPS) is 32.6. The Balaban J connectivity index is 0.00000151. The molecule has 3 atom stereocenters. The van der Waals surface area contributed by atoms with Gasteiger partial charge in [0, 0.05) is 11.5 Å². The molecular weight excluding hydrogens is 314 g/mol. The molecule has 0 spiro atoms. The summed E-state index contributed by atoms with van der Waals surface area (Å²) in [6.45, 7) is 10.6. The van der Waals surface area contributed by atoms with Gasteiger partial charge >= 0.3 is 5.97 Å². The van der Waals surface area contributed by atoms with E-state index in [0.29, 0.717) is 6.42 Å². The van der Waals surface area contributed by atoms with E-state index in [2.05, 4.69) is 20.8 Å². The van der Waals surface area contributed by atoms with Crippen LogP contribution in [0.4, 0.5) is 0 Å². The van der Waals surface area contributed by atoms with Gasteiger partial charge in [-0.1, -0.05) is 47.0 Å². The number of nitrogens with two attached hydrogens (primary N) is 1. The molecule has 0 heterocycles. The molecule has 4 heteroatoms. The summed E-state index contributed by atoms with van der Waals surface area (Å²) < 4.78 is 5.03. The highest BCUT2D eigenvalue weighted by atomic mass is 16.5. The van der Waals surface area contributed by atoms with Gasteiger partial charge in [0.15, 0.2) is 5.60 Å². The minimum Gasteiger partial charge on any atom is -0.467 e. The molecule has 0 bridgehead atoms. The predicted molar refractivity (Wildman–Crippen MR) is 103 cm³/mol. The summed E-state index contributed by atoms with van der Waals surface area (Å²) in [6, 6.07) is 0. The molecule has 148 valence electrons. The maximum Gasteiger partial charge on any atom is 0.338 e. The molecule has 0 radical (unpaired) electrons. The first-order valence-electron chi connectivity index (χ1n) is 10.2. The van der Waals surface area contributed by atoms with E-state index in [9.17, 15) is 9.90 Å². The van der Waals surface area contributed by atoms with Crippen molar-refractivity contribution in [1.82, 2.24) is 0 Å². The van der Waals surface area contributed by atoms with Crippen molar-refractivity contribution < 1.29 is 14.6 Å². The SMILES string of the molecule is CC.COC(=O)C(O)(C1CCCC1)C1CCCC(C)(C)CC(C)(N)C1. The maximum atomic E-state index is 12.5. The van der Waals surface area contributed by atoms with Crippen LogP contribution in [-0.4, -0.2) is 29.3 Å². The van der Waals surface area contributed by atoms with Crippen molar-refractivity contribution >= 4 is 5.97 Å². The zero-order valence-electron chi connectivity index (χ0n) is 17.4. The van der Waals surface area contributed by atoms with Crippen molar-refractivity contribution in [3.63, 3.8) is 0 Å². The molecule has 25 heavy (non-hydrogen) atoms. The summed E-state index contributed by atoms with van der Waals surface area (Å²) in [4.78, 5) is 12.5. The molecule has 2 saturated carbocycles. The highest BCUT2D eigenvalue weighted by Gasteiger charge is 2.53. The maximum absolute atomic E-state index is 12.5. The number of aliphatic hydroxyl groups is 1. The number of hydrogen-bond donors (Lipinski definition) is 2. The Labute approximate surface area is 154 Å². The van der Waals surface area contributed by atoms with Crippen LogP contribution in [0.3, 0.4) is 0 Å². The van der Waals surface area contributed by atoms with Crippen molar-refractivity contribution in [3.05, 3.63) is 0 Å². The number of hydrogen-bond acceptors (Lipinski definition) is 4. The first kappa shape index (κ1) is 22.4. The predicted octanol–water partition coefficient (Wildman–Crippen LogP) is 4.43. The van der Waals surface area contributed by atoms with E-state index in [1.165, 1.54) is 7.11 Å². The summed E-state index contributed by atoms with van der Waals surface area (Å²) in [7, 11) is 1.38. The van der Waals surface area contributed by atoms with E-state index in [1.807, 2.05) is 13.8 Å². The third kappa shape index (κ3) is 5.43. The third-order valence-corrected chi connectivity index (χ3v) is 6.11. The molecule has 3 N–H and O–H groups in total. The van der Waals surface area contributed by atoms with Gasteiger partial charge in [-0.2, -0.15) is 0 Å². The second-order valence-electron chi connectivity index (χ2n) is 9.09. The molecule has 2 aliphatic rings. The fraction of sp³-hybridized carbons (Fsp3) is 0.952. The second-order valence-corrected chi connectivity index (χ2v) is 9.09. The van der Waals surface area contributed by atoms with Crippen LogP contribution >= 0.6 is 0 Å². The van der Waals surface area contributed by atoms with E-state index >= 15 is 0 Å². The average molecular weight is 356 g/mol. The Morgan fingerprint density at radius 1 is 1.08 bits per heavy atom. The molecule has 0 aromatic heterocycles. The highest BCUT2D eigenvalue weighted by Crippen LogP contribution is 2.47. The van der Waals surface area contributed by atoms with Crippen molar-refractivity contribution in [1.29, 1.82) is 0 Å². The minimum absolute atomic E-state index is 0.0168. The molecule has 3 unspecified atom stereocenters. The van der Waals surface area contributed by atoms with E-state index in [1.54, 1.807) is 0 Å². The van der Waals surface area contributed by atoms with E-state index < -0.39 is 11.6 Å². The zero-order chi connectivity index (χ0) is 19.3. The van der Waals surface area contributed by atoms with E-state index in [4.69, 9.17) is 10.5 Å². The van der Waals surface area contributed by atoms with Crippen LogP contribution in [0.1, 0.15) is 92.4 Å². The highest BCUT2D eigenvalue weighted by molar-refractivity contribution is 5.80. The summed E-state index contributed by atoms with van der Waals surface area (Å²) in [5, 5.41) is 11.5. The van der Waals surface area contributed by atoms with E-state index in [0.717, 1.165) is 51.4 Å². The van der Waals surface area contributed by atoms with Gasteiger partial charge in [-0.15, -0.1) is 0 Å². The van der Waals surface area contributed by atoms with Crippen LogP contribution in [0.15, 0.2) is 0 Å². The quantitative estimate of drug-likeness (QED) is 0.735.